The normalized spacial score (nSPS) is 12.9. The van der Waals surface area contributed by atoms with Gasteiger partial charge in [0.15, 0.2) is 0 Å². The largest absolute Gasteiger partial charge is 0.0883 e. The monoisotopic (exact) mass is 240 g/mol. The summed E-state index contributed by atoms with van der Waals surface area (Å²) in [6.45, 7) is 4.31. The zero-order chi connectivity index (χ0) is 6.57. The van der Waals surface area contributed by atoms with Gasteiger partial charge in [0, 0.05) is 5.33 Å². The summed E-state index contributed by atoms with van der Waals surface area (Å²) in [7, 11) is 0. The Labute approximate surface area is 67.6 Å². The lowest BCUT2D eigenvalue weighted by atomic mass is 10.2. The SMILES string of the molecule is CC(C)C(Br)=CCBr. The molecule has 0 fully saturated rings. The Morgan fingerprint density at radius 1 is 1.62 bits per heavy atom. The van der Waals surface area contributed by atoms with Crippen molar-refractivity contribution in [2.75, 3.05) is 5.33 Å². The van der Waals surface area contributed by atoms with Crippen molar-refractivity contribution in [2.45, 2.75) is 13.8 Å². The molecule has 0 saturated heterocycles. The van der Waals surface area contributed by atoms with E-state index in [1.54, 1.807) is 0 Å². The molecule has 0 aromatic heterocycles. The zero-order valence-corrected chi connectivity index (χ0v) is 8.29. The van der Waals surface area contributed by atoms with Gasteiger partial charge in [0.05, 0.1) is 0 Å². The van der Waals surface area contributed by atoms with Crippen LogP contribution in [0.15, 0.2) is 10.6 Å². The summed E-state index contributed by atoms with van der Waals surface area (Å²) < 4.78 is 1.27. The van der Waals surface area contributed by atoms with E-state index >= 15 is 0 Å². The Hall–Kier alpha value is 0.700. The fourth-order valence-electron chi connectivity index (χ4n) is 0.309. The molecule has 0 saturated carbocycles. The topological polar surface area (TPSA) is 0 Å². The molecule has 0 nitrogen and oxygen atoms in total. The molecule has 0 spiro atoms. The second-order valence-electron chi connectivity index (χ2n) is 1.90. The van der Waals surface area contributed by atoms with Gasteiger partial charge in [0.1, 0.15) is 0 Å². The molecule has 0 radical (unpaired) electrons. The van der Waals surface area contributed by atoms with E-state index < -0.39 is 0 Å². The molecule has 0 aliphatic carbocycles. The maximum Gasteiger partial charge on any atom is 0.0222 e. The van der Waals surface area contributed by atoms with Crippen molar-refractivity contribution in [3.63, 3.8) is 0 Å². The molecular formula is C6H10Br2. The summed E-state index contributed by atoms with van der Waals surface area (Å²) >= 11 is 6.75. The highest BCUT2D eigenvalue weighted by molar-refractivity contribution is 9.12. The van der Waals surface area contributed by atoms with E-state index in [2.05, 4.69) is 51.8 Å². The third kappa shape index (κ3) is 3.67. The molecule has 0 amide bonds. The summed E-state index contributed by atoms with van der Waals surface area (Å²) in [5.41, 5.74) is 0. The smallest absolute Gasteiger partial charge is 0.0222 e. The van der Waals surface area contributed by atoms with Gasteiger partial charge in [-0.1, -0.05) is 51.8 Å². The van der Waals surface area contributed by atoms with Crippen LogP contribution in [0.4, 0.5) is 0 Å². The van der Waals surface area contributed by atoms with Crippen molar-refractivity contribution in [3.8, 4) is 0 Å². The number of rotatable bonds is 2. The Bertz CT molecular complexity index is 84.5. The fraction of sp³-hybridized carbons (Fsp3) is 0.667. The van der Waals surface area contributed by atoms with E-state index in [4.69, 9.17) is 0 Å². The zero-order valence-electron chi connectivity index (χ0n) is 5.12. The van der Waals surface area contributed by atoms with Crippen molar-refractivity contribution in [1.29, 1.82) is 0 Å². The highest BCUT2D eigenvalue weighted by Gasteiger charge is 1.94. The first kappa shape index (κ1) is 8.70. The summed E-state index contributed by atoms with van der Waals surface area (Å²) in [5.74, 6) is 0.618. The molecule has 0 atom stereocenters. The molecular weight excluding hydrogens is 232 g/mol. The van der Waals surface area contributed by atoms with Gasteiger partial charge in [-0.2, -0.15) is 0 Å². The Morgan fingerprint density at radius 2 is 2.12 bits per heavy atom. The van der Waals surface area contributed by atoms with Crippen LogP contribution in [0.5, 0.6) is 0 Å². The van der Waals surface area contributed by atoms with Gasteiger partial charge in [-0.25, -0.2) is 0 Å². The standard InChI is InChI=1S/C6H10Br2/c1-5(2)6(8)3-4-7/h3,5H,4H2,1-2H3. The Morgan fingerprint density at radius 3 is 2.25 bits per heavy atom. The van der Waals surface area contributed by atoms with Crippen LogP contribution in [0.1, 0.15) is 13.8 Å². The minimum atomic E-state index is 0.618. The lowest BCUT2D eigenvalue weighted by molar-refractivity contribution is 0.819. The molecule has 0 aromatic carbocycles. The maximum atomic E-state index is 3.43. The Kier molecular flexibility index (Phi) is 4.97. The second kappa shape index (κ2) is 4.57. The van der Waals surface area contributed by atoms with Gasteiger partial charge in [0.25, 0.3) is 0 Å². The van der Waals surface area contributed by atoms with E-state index in [1.807, 2.05) is 0 Å². The van der Waals surface area contributed by atoms with Crippen molar-refractivity contribution in [1.82, 2.24) is 0 Å². The molecule has 2 heteroatoms. The van der Waals surface area contributed by atoms with Crippen molar-refractivity contribution in [3.05, 3.63) is 10.6 Å². The third-order valence-electron chi connectivity index (χ3n) is 0.824. The van der Waals surface area contributed by atoms with Crippen LogP contribution in [0.25, 0.3) is 0 Å². The van der Waals surface area contributed by atoms with Crippen LogP contribution in [0.2, 0.25) is 0 Å². The van der Waals surface area contributed by atoms with Crippen LogP contribution >= 0.6 is 31.9 Å². The van der Waals surface area contributed by atoms with Crippen LogP contribution in [0.3, 0.4) is 0 Å². The first-order valence-corrected chi connectivity index (χ1v) is 4.51. The van der Waals surface area contributed by atoms with Crippen LogP contribution in [0, 0.1) is 5.92 Å². The summed E-state index contributed by atoms with van der Waals surface area (Å²) in [6.07, 6.45) is 2.12. The molecule has 0 aliphatic rings. The van der Waals surface area contributed by atoms with E-state index in [1.165, 1.54) is 4.48 Å². The molecule has 8 heavy (non-hydrogen) atoms. The van der Waals surface area contributed by atoms with Gasteiger partial charge >= 0.3 is 0 Å². The van der Waals surface area contributed by atoms with Gasteiger partial charge in [0.2, 0.25) is 0 Å². The van der Waals surface area contributed by atoms with Crippen molar-refractivity contribution < 1.29 is 0 Å². The first-order chi connectivity index (χ1) is 3.68. The fourth-order valence-corrected chi connectivity index (χ4v) is 1.25. The average Bonchev–Trinajstić information content (AvgIpc) is 1.67. The van der Waals surface area contributed by atoms with E-state index in [0.29, 0.717) is 5.92 Å². The first-order valence-electron chi connectivity index (χ1n) is 2.60. The number of hydrogen-bond acceptors (Lipinski definition) is 0. The molecule has 0 N–H and O–H groups in total. The second-order valence-corrected chi connectivity index (χ2v) is 3.46. The quantitative estimate of drug-likeness (QED) is 0.651. The summed E-state index contributed by atoms with van der Waals surface area (Å²) in [4.78, 5) is 0. The van der Waals surface area contributed by atoms with Gasteiger partial charge < -0.3 is 0 Å². The van der Waals surface area contributed by atoms with E-state index in [-0.39, 0.29) is 0 Å². The molecule has 0 rings (SSSR count). The molecule has 0 aromatic rings. The van der Waals surface area contributed by atoms with Crippen LogP contribution < -0.4 is 0 Å². The lowest BCUT2D eigenvalue weighted by Gasteiger charge is -1.99. The molecule has 0 aliphatic heterocycles. The van der Waals surface area contributed by atoms with Crippen molar-refractivity contribution in [2.24, 2.45) is 5.92 Å². The highest BCUT2D eigenvalue weighted by Crippen LogP contribution is 2.16. The minimum absolute atomic E-state index is 0.618. The molecule has 0 bridgehead atoms. The Balaban J connectivity index is 3.61. The average molecular weight is 242 g/mol. The van der Waals surface area contributed by atoms with Gasteiger partial charge in [-0.05, 0) is 10.4 Å². The number of allylic oxidation sites excluding steroid dienone is 2. The third-order valence-corrected chi connectivity index (χ3v) is 2.39. The van der Waals surface area contributed by atoms with E-state index in [0.717, 1.165) is 5.33 Å². The summed E-state index contributed by atoms with van der Waals surface area (Å²) in [6, 6.07) is 0. The predicted molar refractivity (Wildman–Crippen MR) is 45.6 cm³/mol. The number of hydrogen-bond donors (Lipinski definition) is 0. The highest BCUT2D eigenvalue weighted by atomic mass is 79.9. The molecule has 48 valence electrons. The number of alkyl halides is 1. The minimum Gasteiger partial charge on any atom is -0.0883 e. The van der Waals surface area contributed by atoms with Gasteiger partial charge in [-0.15, -0.1) is 0 Å². The lowest BCUT2D eigenvalue weighted by Crippen LogP contribution is -1.84. The predicted octanol–water partition coefficient (Wildman–Crippen LogP) is 3.32. The van der Waals surface area contributed by atoms with E-state index in [9.17, 15) is 0 Å². The van der Waals surface area contributed by atoms with Crippen LogP contribution in [-0.2, 0) is 0 Å². The summed E-state index contributed by atoms with van der Waals surface area (Å²) in [5, 5.41) is 0.936. The molecule has 0 unspecified atom stereocenters. The number of halogens is 2. The molecule has 0 heterocycles. The van der Waals surface area contributed by atoms with Crippen molar-refractivity contribution >= 4 is 31.9 Å². The maximum absolute atomic E-state index is 3.43. The van der Waals surface area contributed by atoms with Gasteiger partial charge in [-0.3, -0.25) is 0 Å². The van der Waals surface area contributed by atoms with Crippen LogP contribution in [-0.4, -0.2) is 5.33 Å².